The van der Waals surface area contributed by atoms with Crippen molar-refractivity contribution in [2.24, 2.45) is 0 Å². The van der Waals surface area contributed by atoms with Crippen molar-refractivity contribution >= 4 is 46.3 Å². The molecule has 31 heavy (non-hydrogen) atoms. The molecule has 0 aliphatic carbocycles. The Morgan fingerprint density at radius 1 is 1.23 bits per heavy atom. The molecule has 0 aliphatic heterocycles. The summed E-state index contributed by atoms with van der Waals surface area (Å²) in [6, 6.07) is 10.5. The van der Waals surface area contributed by atoms with Gasteiger partial charge in [0.05, 0.1) is 12.4 Å². The normalized spacial score (nSPS) is 12.6. The maximum Gasteiger partial charge on any atom is 0.412 e. The number of carbonyl (C=O) groups is 2. The molecule has 7 nitrogen and oxygen atoms in total. The SMILES string of the molecule is CCO[C@H](CCOC(=O)CS)[C@H](OC(=O)Nc1ccc(Br)cc1)c1ccc(O)c(F)c1. The number of anilines is 1. The Hall–Kier alpha value is -2.30. The van der Waals surface area contributed by atoms with Crippen LogP contribution in [0.25, 0.3) is 0 Å². The summed E-state index contributed by atoms with van der Waals surface area (Å²) < 4.78 is 31.1. The van der Waals surface area contributed by atoms with Gasteiger partial charge in [-0.05, 0) is 48.9 Å². The molecule has 0 saturated heterocycles. The smallest absolute Gasteiger partial charge is 0.412 e. The third-order valence-corrected chi connectivity index (χ3v) is 4.92. The molecule has 0 spiro atoms. The third kappa shape index (κ3) is 8.04. The molecular formula is C21H23BrFNO6S. The van der Waals surface area contributed by atoms with E-state index in [2.05, 4.69) is 33.9 Å². The van der Waals surface area contributed by atoms with E-state index >= 15 is 0 Å². The number of nitrogens with one attached hydrogen (secondary N) is 1. The number of aromatic hydroxyl groups is 1. The molecule has 0 aromatic heterocycles. The molecule has 0 saturated carbocycles. The van der Waals surface area contributed by atoms with E-state index in [4.69, 9.17) is 14.2 Å². The van der Waals surface area contributed by atoms with Crippen LogP contribution in [-0.4, -0.2) is 42.2 Å². The van der Waals surface area contributed by atoms with Crippen molar-refractivity contribution in [3.05, 3.63) is 58.3 Å². The first-order chi connectivity index (χ1) is 14.8. The van der Waals surface area contributed by atoms with Gasteiger partial charge in [0.25, 0.3) is 0 Å². The molecule has 2 aromatic rings. The molecule has 10 heteroatoms. The van der Waals surface area contributed by atoms with Crippen molar-refractivity contribution in [3.8, 4) is 5.75 Å². The zero-order valence-electron chi connectivity index (χ0n) is 16.7. The average Bonchev–Trinajstić information content (AvgIpc) is 2.75. The summed E-state index contributed by atoms with van der Waals surface area (Å²) in [6.45, 7) is 2.03. The molecular weight excluding hydrogens is 493 g/mol. The highest BCUT2D eigenvalue weighted by molar-refractivity contribution is 9.10. The maximum absolute atomic E-state index is 14.0. The van der Waals surface area contributed by atoms with Gasteiger partial charge in [0.2, 0.25) is 0 Å². The number of halogens is 2. The number of ether oxygens (including phenoxy) is 3. The molecule has 2 N–H and O–H groups in total. The monoisotopic (exact) mass is 515 g/mol. The largest absolute Gasteiger partial charge is 0.505 e. The van der Waals surface area contributed by atoms with Crippen LogP contribution in [0.1, 0.15) is 25.0 Å². The first-order valence-corrected chi connectivity index (χ1v) is 10.9. The number of amides is 1. The van der Waals surface area contributed by atoms with E-state index in [-0.39, 0.29) is 31.0 Å². The fraction of sp³-hybridized carbons (Fsp3) is 0.333. The van der Waals surface area contributed by atoms with E-state index in [0.717, 1.165) is 16.6 Å². The van der Waals surface area contributed by atoms with E-state index in [9.17, 15) is 19.1 Å². The molecule has 0 unspecified atom stereocenters. The Bertz CT molecular complexity index is 883. The Kier molecular flexibility index (Phi) is 10.1. The van der Waals surface area contributed by atoms with Crippen LogP contribution in [-0.2, 0) is 19.0 Å². The van der Waals surface area contributed by atoms with Gasteiger partial charge in [0.15, 0.2) is 17.7 Å². The van der Waals surface area contributed by atoms with Gasteiger partial charge in [-0.25, -0.2) is 9.18 Å². The van der Waals surface area contributed by atoms with Gasteiger partial charge in [-0.3, -0.25) is 10.1 Å². The van der Waals surface area contributed by atoms with Gasteiger partial charge in [-0.15, -0.1) is 0 Å². The van der Waals surface area contributed by atoms with Crippen LogP contribution >= 0.6 is 28.6 Å². The number of phenols is 1. The minimum atomic E-state index is -1.03. The summed E-state index contributed by atoms with van der Waals surface area (Å²) in [6.07, 6.45) is -2.36. The van der Waals surface area contributed by atoms with E-state index in [0.29, 0.717) is 5.69 Å². The van der Waals surface area contributed by atoms with Crippen molar-refractivity contribution < 1.29 is 33.3 Å². The number of rotatable bonds is 10. The molecule has 168 valence electrons. The predicted octanol–water partition coefficient (Wildman–Crippen LogP) is 4.85. The Morgan fingerprint density at radius 2 is 1.94 bits per heavy atom. The van der Waals surface area contributed by atoms with Crippen LogP contribution < -0.4 is 5.32 Å². The fourth-order valence-electron chi connectivity index (χ4n) is 2.73. The second-order valence-electron chi connectivity index (χ2n) is 6.33. The third-order valence-electron chi connectivity index (χ3n) is 4.14. The van der Waals surface area contributed by atoms with Gasteiger partial charge in [-0.1, -0.05) is 22.0 Å². The van der Waals surface area contributed by atoms with E-state index < -0.39 is 35.8 Å². The van der Waals surface area contributed by atoms with Gasteiger partial charge in [-0.2, -0.15) is 12.6 Å². The van der Waals surface area contributed by atoms with Gasteiger partial charge in [0, 0.05) is 23.2 Å². The van der Waals surface area contributed by atoms with Crippen LogP contribution in [0.2, 0.25) is 0 Å². The quantitative estimate of drug-likeness (QED) is 0.309. The first-order valence-electron chi connectivity index (χ1n) is 9.43. The molecule has 0 heterocycles. The average molecular weight is 516 g/mol. The number of phenolic OH excluding ortho intramolecular Hbond substituents is 1. The van der Waals surface area contributed by atoms with E-state index in [1.165, 1.54) is 6.07 Å². The summed E-state index contributed by atoms with van der Waals surface area (Å²) in [4.78, 5) is 23.9. The number of hydrogen-bond acceptors (Lipinski definition) is 7. The molecule has 0 aliphatic rings. The summed E-state index contributed by atoms with van der Waals surface area (Å²) in [5, 5.41) is 12.1. The van der Waals surface area contributed by atoms with Crippen LogP contribution in [0.5, 0.6) is 5.75 Å². The van der Waals surface area contributed by atoms with Crippen molar-refractivity contribution in [1.82, 2.24) is 0 Å². The van der Waals surface area contributed by atoms with Crippen molar-refractivity contribution in [1.29, 1.82) is 0 Å². The Labute approximate surface area is 193 Å². The minimum Gasteiger partial charge on any atom is -0.505 e. The number of hydrogen-bond donors (Lipinski definition) is 3. The summed E-state index contributed by atoms with van der Waals surface area (Å²) in [5.74, 6) is -1.97. The van der Waals surface area contributed by atoms with Crippen LogP contribution in [0.4, 0.5) is 14.9 Å². The fourth-order valence-corrected chi connectivity index (χ4v) is 3.08. The van der Waals surface area contributed by atoms with E-state index in [1.807, 2.05) is 0 Å². The molecule has 2 aromatic carbocycles. The second kappa shape index (κ2) is 12.5. The van der Waals surface area contributed by atoms with E-state index in [1.54, 1.807) is 31.2 Å². The zero-order chi connectivity index (χ0) is 22.8. The Morgan fingerprint density at radius 3 is 2.55 bits per heavy atom. The molecule has 2 rings (SSSR count). The number of thiol groups is 1. The Balaban J connectivity index is 2.22. The molecule has 0 radical (unpaired) electrons. The first kappa shape index (κ1) is 25.0. The minimum absolute atomic E-state index is 0.00117. The van der Waals surface area contributed by atoms with Gasteiger partial charge >= 0.3 is 12.1 Å². The number of benzene rings is 2. The van der Waals surface area contributed by atoms with Crippen LogP contribution in [0.15, 0.2) is 46.9 Å². The lowest BCUT2D eigenvalue weighted by Crippen LogP contribution is -2.30. The van der Waals surface area contributed by atoms with Crippen molar-refractivity contribution in [2.75, 3.05) is 24.3 Å². The van der Waals surface area contributed by atoms with Crippen LogP contribution in [0.3, 0.4) is 0 Å². The lowest BCUT2D eigenvalue weighted by molar-refractivity contribution is -0.142. The number of carbonyl (C=O) groups excluding carboxylic acids is 2. The highest BCUT2D eigenvalue weighted by Crippen LogP contribution is 2.30. The van der Waals surface area contributed by atoms with Gasteiger partial charge in [0.1, 0.15) is 6.10 Å². The van der Waals surface area contributed by atoms with Crippen molar-refractivity contribution in [2.45, 2.75) is 25.6 Å². The summed E-state index contributed by atoms with van der Waals surface area (Å²) >= 11 is 7.16. The second-order valence-corrected chi connectivity index (χ2v) is 7.56. The van der Waals surface area contributed by atoms with Gasteiger partial charge < -0.3 is 19.3 Å². The standard InChI is InChI=1S/C21H23BrFNO6S/c1-2-28-18(9-10-29-19(26)12-31)20(13-3-8-17(25)16(23)11-13)30-21(27)24-15-6-4-14(22)5-7-15/h3-8,11,18,20,25,31H,2,9-10,12H2,1H3,(H,24,27)/t18-,20-/m1/s1. The molecule has 0 fully saturated rings. The summed E-state index contributed by atoms with van der Waals surface area (Å²) in [7, 11) is 0. The van der Waals surface area contributed by atoms with Crippen molar-refractivity contribution in [3.63, 3.8) is 0 Å². The predicted molar refractivity (Wildman–Crippen MR) is 120 cm³/mol. The zero-order valence-corrected chi connectivity index (χ0v) is 19.2. The maximum atomic E-state index is 14.0. The van der Waals surface area contributed by atoms with Crippen LogP contribution in [0, 0.1) is 5.82 Å². The summed E-state index contributed by atoms with van der Waals surface area (Å²) in [5.41, 5.74) is 0.778. The topological polar surface area (TPSA) is 94.1 Å². The highest BCUT2D eigenvalue weighted by Gasteiger charge is 2.29. The molecule has 1 amide bonds. The molecule has 2 atom stereocenters. The lowest BCUT2D eigenvalue weighted by atomic mass is 10.0. The highest BCUT2D eigenvalue weighted by atomic mass is 79.9. The molecule has 0 bridgehead atoms. The number of esters is 1. The lowest BCUT2D eigenvalue weighted by Gasteiger charge is -2.27.